The van der Waals surface area contributed by atoms with Gasteiger partial charge >= 0.3 is 23.0 Å². The summed E-state index contributed by atoms with van der Waals surface area (Å²) in [5.41, 5.74) is 14.9. The second-order valence-corrected chi connectivity index (χ2v) is 12.3. The number of nitrogens with zero attached hydrogens (tertiary/aromatic N) is 4. The SMILES string of the molecule is CC1=C(CCC(=O)O)c2cc3[n-]c(cc4nc(cc5[n-]c(cc1n2)c(C)c5[C@H](C)S)C(C)=C4[C@H](C)S)c(C)c3C.[Fe+2]. The molecule has 214 valence electrons. The van der Waals surface area contributed by atoms with Gasteiger partial charge in [-0.15, -0.1) is 22.1 Å². The number of carbonyl (C=O) groups is 1. The average Bonchev–Trinajstić information content (AvgIpc) is 3.52. The number of hydrogen-bond donors (Lipinski definition) is 3. The standard InChI is InChI=1S/C32H35N4O2S2.Fe/c1-14-15(2)23-12-28-32(20(7)40)18(5)26(36-28)13-29-31(19(6)39)17(4)25(35-29)10-24-16(3)21(8-9-30(37)38)27(34-24)11-22(14)33-23;/h10-13,19-20H,8-9H2,1-7H3,(H4-,33,34,35,36,37,38,39,40);/q-1;+2/p-1/t19-,20-;/m0./s1. The van der Waals surface area contributed by atoms with E-state index in [1.807, 2.05) is 25.1 Å². The molecule has 0 aromatic carbocycles. The Balaban J connectivity index is 0.00000387. The molecule has 3 aromatic heterocycles. The molecule has 0 amide bonds. The van der Waals surface area contributed by atoms with Gasteiger partial charge in [0.2, 0.25) is 0 Å². The Morgan fingerprint density at radius 3 is 1.83 bits per heavy atom. The molecule has 2 aliphatic heterocycles. The van der Waals surface area contributed by atoms with E-state index in [1.165, 1.54) is 0 Å². The summed E-state index contributed by atoms with van der Waals surface area (Å²) in [5.74, 6) is -0.835. The van der Waals surface area contributed by atoms with Crippen LogP contribution >= 0.6 is 25.3 Å². The molecule has 41 heavy (non-hydrogen) atoms. The van der Waals surface area contributed by atoms with Crippen LogP contribution in [0.1, 0.15) is 90.8 Å². The Morgan fingerprint density at radius 2 is 1.24 bits per heavy atom. The fourth-order valence-corrected chi connectivity index (χ4v) is 6.33. The summed E-state index contributed by atoms with van der Waals surface area (Å²) in [5, 5.41) is 9.37. The molecule has 1 N–H and O–H groups in total. The largest absolute Gasteiger partial charge is 2.00 e. The molecule has 3 aromatic rings. The molecule has 8 bridgehead atoms. The smallest absolute Gasteiger partial charge is 0.657 e. The van der Waals surface area contributed by atoms with Crippen LogP contribution in [0, 0.1) is 20.8 Å². The quantitative estimate of drug-likeness (QED) is 0.200. The summed E-state index contributed by atoms with van der Waals surface area (Å²) in [6, 6.07) is 8.08. The molecular formula is C32H34FeN4O2S2. The first-order valence-corrected chi connectivity index (χ1v) is 14.5. The van der Waals surface area contributed by atoms with Crippen LogP contribution in [0.5, 0.6) is 0 Å². The average molecular weight is 627 g/mol. The van der Waals surface area contributed by atoms with Gasteiger partial charge in [0.15, 0.2) is 0 Å². The van der Waals surface area contributed by atoms with Crippen LogP contribution in [0.15, 0.2) is 24.3 Å². The summed E-state index contributed by atoms with van der Waals surface area (Å²) in [7, 11) is 0. The van der Waals surface area contributed by atoms with Crippen LogP contribution in [0.25, 0.3) is 44.4 Å². The zero-order valence-electron chi connectivity index (χ0n) is 24.3. The predicted molar refractivity (Wildman–Crippen MR) is 171 cm³/mol. The first-order valence-electron chi connectivity index (χ1n) is 13.5. The van der Waals surface area contributed by atoms with Gasteiger partial charge in [0.1, 0.15) is 0 Å². The first-order chi connectivity index (χ1) is 18.9. The minimum absolute atomic E-state index is 0. The molecule has 2 atom stereocenters. The molecule has 2 aliphatic rings. The van der Waals surface area contributed by atoms with Crippen molar-refractivity contribution >= 4 is 75.6 Å². The zero-order valence-corrected chi connectivity index (χ0v) is 27.2. The number of carboxylic acid groups (broad SMARTS) is 1. The minimum Gasteiger partial charge on any atom is -0.657 e. The maximum Gasteiger partial charge on any atom is 2.00 e. The molecule has 9 heteroatoms. The molecule has 5 heterocycles. The Kier molecular flexibility index (Phi) is 9.05. The van der Waals surface area contributed by atoms with Gasteiger partial charge in [-0.05, 0) is 82.7 Å². The molecule has 0 radical (unpaired) electrons. The second kappa shape index (κ2) is 11.9. The topological polar surface area (TPSA) is 91.3 Å². The van der Waals surface area contributed by atoms with E-state index >= 15 is 0 Å². The van der Waals surface area contributed by atoms with Crippen molar-refractivity contribution in [1.82, 2.24) is 19.9 Å². The van der Waals surface area contributed by atoms with Crippen molar-refractivity contribution in [1.29, 1.82) is 0 Å². The summed E-state index contributed by atoms with van der Waals surface area (Å²) >= 11 is 9.59. The minimum atomic E-state index is -0.835. The monoisotopic (exact) mass is 626 g/mol. The van der Waals surface area contributed by atoms with E-state index in [4.69, 9.17) is 45.2 Å². The molecule has 0 saturated carbocycles. The van der Waals surface area contributed by atoms with E-state index in [2.05, 4.69) is 47.6 Å². The van der Waals surface area contributed by atoms with Crippen LogP contribution in [0.4, 0.5) is 0 Å². The number of fused-ring (bicyclic) bond motifs is 8. The van der Waals surface area contributed by atoms with Crippen molar-refractivity contribution in [3.05, 3.63) is 69.3 Å². The van der Waals surface area contributed by atoms with Crippen molar-refractivity contribution in [2.45, 2.75) is 71.8 Å². The van der Waals surface area contributed by atoms with E-state index in [0.717, 1.165) is 89.4 Å². The summed E-state index contributed by atoms with van der Waals surface area (Å²) in [6.45, 7) is 14.4. The number of hydrogen-bond acceptors (Lipinski definition) is 5. The van der Waals surface area contributed by atoms with Gasteiger partial charge in [0.25, 0.3) is 0 Å². The predicted octanol–water partition coefficient (Wildman–Crippen LogP) is 7.53. The van der Waals surface area contributed by atoms with E-state index in [-0.39, 0.29) is 34.0 Å². The van der Waals surface area contributed by atoms with Crippen LogP contribution < -0.4 is 9.97 Å². The maximum absolute atomic E-state index is 11.5. The van der Waals surface area contributed by atoms with Gasteiger partial charge in [-0.25, -0.2) is 9.97 Å². The number of allylic oxidation sites excluding steroid dienone is 3. The molecule has 0 fully saturated rings. The third kappa shape index (κ3) is 5.70. The number of rotatable bonds is 5. The Hall–Kier alpha value is -2.71. The zero-order chi connectivity index (χ0) is 29.0. The van der Waals surface area contributed by atoms with Crippen LogP contribution in [-0.2, 0) is 21.9 Å². The van der Waals surface area contributed by atoms with Crippen molar-refractivity contribution in [2.75, 3.05) is 0 Å². The molecule has 0 unspecified atom stereocenters. The Labute approximate surface area is 262 Å². The number of aryl methyl sites for hydroxylation is 3. The maximum atomic E-state index is 11.5. The van der Waals surface area contributed by atoms with Gasteiger partial charge in [-0.1, -0.05) is 41.0 Å². The van der Waals surface area contributed by atoms with Gasteiger partial charge in [-0.3, -0.25) is 4.79 Å². The fourth-order valence-electron chi connectivity index (χ4n) is 5.68. The van der Waals surface area contributed by atoms with Crippen molar-refractivity contribution in [2.24, 2.45) is 0 Å². The van der Waals surface area contributed by atoms with Crippen molar-refractivity contribution < 1.29 is 27.0 Å². The van der Waals surface area contributed by atoms with E-state index in [1.54, 1.807) is 0 Å². The summed E-state index contributed by atoms with van der Waals surface area (Å²) in [6.07, 6.45) is 0.417. The van der Waals surface area contributed by atoms with Crippen molar-refractivity contribution in [3.8, 4) is 0 Å². The second-order valence-electron chi connectivity index (χ2n) is 10.8. The number of thiol groups is 2. The number of carboxylic acids is 1. The van der Waals surface area contributed by atoms with Gasteiger partial charge < -0.3 is 15.1 Å². The van der Waals surface area contributed by atoms with E-state index < -0.39 is 5.97 Å². The van der Waals surface area contributed by atoms with E-state index in [0.29, 0.717) is 6.42 Å². The molecule has 0 saturated heterocycles. The van der Waals surface area contributed by atoms with Crippen LogP contribution in [0.3, 0.4) is 0 Å². The first kappa shape index (κ1) is 31.2. The van der Waals surface area contributed by atoms with Crippen molar-refractivity contribution in [3.63, 3.8) is 0 Å². The fraction of sp³-hybridized carbons (Fsp3) is 0.344. The van der Waals surface area contributed by atoms with Gasteiger partial charge in [0.05, 0.1) is 22.8 Å². The molecule has 0 aliphatic carbocycles. The Morgan fingerprint density at radius 1 is 0.756 bits per heavy atom. The molecule has 5 rings (SSSR count). The molecular weight excluding hydrogens is 592 g/mol. The van der Waals surface area contributed by atoms with Gasteiger partial charge in [0, 0.05) is 16.9 Å². The third-order valence-electron chi connectivity index (χ3n) is 8.09. The van der Waals surface area contributed by atoms with Crippen LogP contribution in [0.2, 0.25) is 0 Å². The van der Waals surface area contributed by atoms with E-state index in [9.17, 15) is 9.90 Å². The van der Waals surface area contributed by atoms with Gasteiger partial charge in [-0.2, -0.15) is 25.3 Å². The number of aliphatic carboxylic acids is 1. The third-order valence-corrected chi connectivity index (χ3v) is 8.60. The summed E-state index contributed by atoms with van der Waals surface area (Å²) in [4.78, 5) is 31.6. The molecule has 6 nitrogen and oxygen atoms in total. The summed E-state index contributed by atoms with van der Waals surface area (Å²) < 4.78 is 0. The van der Waals surface area contributed by atoms with Crippen LogP contribution in [-0.4, -0.2) is 26.3 Å². The number of aromatic nitrogens is 4. The molecule has 0 spiro atoms. The normalized spacial score (nSPS) is 14.8. The Bertz CT molecular complexity index is 1790.